The Kier molecular flexibility index (Phi) is 3.99. The Morgan fingerprint density at radius 1 is 1.25 bits per heavy atom. The molecule has 1 aromatic rings. The number of nitrogens with one attached hydrogen (secondary N) is 1. The summed E-state index contributed by atoms with van der Waals surface area (Å²) in [6.45, 7) is 4.89. The van der Waals surface area contributed by atoms with Gasteiger partial charge in [-0.25, -0.2) is 0 Å². The third-order valence-electron chi connectivity index (χ3n) is 4.74. The lowest BCUT2D eigenvalue weighted by Gasteiger charge is -2.38. The third-order valence-corrected chi connectivity index (χ3v) is 4.74. The molecule has 1 atom stereocenters. The summed E-state index contributed by atoms with van der Waals surface area (Å²) in [6, 6.07) is 9.05. The third kappa shape index (κ3) is 2.99. The van der Waals surface area contributed by atoms with Crippen molar-refractivity contribution in [1.29, 1.82) is 0 Å². The molecule has 0 saturated heterocycles. The van der Waals surface area contributed by atoms with Crippen LogP contribution in [0.3, 0.4) is 0 Å². The molecule has 1 unspecified atom stereocenters. The molecule has 2 aliphatic rings. The van der Waals surface area contributed by atoms with Crippen molar-refractivity contribution in [3.05, 3.63) is 29.8 Å². The Morgan fingerprint density at radius 2 is 2.00 bits per heavy atom. The van der Waals surface area contributed by atoms with Crippen molar-refractivity contribution in [3.63, 3.8) is 0 Å². The number of anilines is 1. The lowest BCUT2D eigenvalue weighted by Crippen LogP contribution is -2.47. The highest BCUT2D eigenvalue weighted by molar-refractivity contribution is 5.55. The average molecular weight is 274 g/mol. The highest BCUT2D eigenvalue weighted by Crippen LogP contribution is 2.32. The zero-order valence-corrected chi connectivity index (χ0v) is 12.4. The maximum Gasteiger partial charge on any atom is 0.0821 e. The first-order chi connectivity index (χ1) is 9.66. The van der Waals surface area contributed by atoms with Gasteiger partial charge >= 0.3 is 0 Å². The number of fused-ring (bicyclic) bond motifs is 1. The fourth-order valence-corrected chi connectivity index (χ4v) is 3.62. The number of nitrogens with zero attached hydrogens (tertiary/aromatic N) is 1. The summed E-state index contributed by atoms with van der Waals surface area (Å²) in [5, 5.41) is 14.4. The van der Waals surface area contributed by atoms with Crippen LogP contribution in [0.4, 0.5) is 5.69 Å². The predicted molar refractivity (Wildman–Crippen MR) is 83.0 cm³/mol. The van der Waals surface area contributed by atoms with Gasteiger partial charge in [-0.2, -0.15) is 0 Å². The molecule has 3 nitrogen and oxygen atoms in total. The Hall–Kier alpha value is -1.06. The number of rotatable bonds is 2. The minimum Gasteiger partial charge on any atom is -0.388 e. The Balaban J connectivity index is 1.83. The van der Waals surface area contributed by atoms with Crippen LogP contribution < -0.4 is 10.2 Å². The summed E-state index contributed by atoms with van der Waals surface area (Å²) >= 11 is 0. The van der Waals surface area contributed by atoms with Crippen LogP contribution in [-0.2, 0) is 6.54 Å². The van der Waals surface area contributed by atoms with Gasteiger partial charge in [-0.3, -0.25) is 0 Å². The highest BCUT2D eigenvalue weighted by Gasteiger charge is 2.33. The van der Waals surface area contributed by atoms with Crippen LogP contribution in [0.2, 0.25) is 0 Å². The van der Waals surface area contributed by atoms with E-state index in [1.807, 2.05) is 0 Å². The molecule has 1 saturated carbocycles. The topological polar surface area (TPSA) is 35.5 Å². The van der Waals surface area contributed by atoms with E-state index in [2.05, 4.69) is 41.4 Å². The van der Waals surface area contributed by atoms with E-state index in [9.17, 15) is 5.11 Å². The predicted octanol–water partition coefficient (Wildman–Crippen LogP) is 2.68. The minimum absolute atomic E-state index is 0.453. The van der Waals surface area contributed by atoms with Gasteiger partial charge in [-0.05, 0) is 31.4 Å². The monoisotopic (exact) mass is 274 g/mol. The Bertz CT molecular complexity index is 454. The average Bonchev–Trinajstić information content (AvgIpc) is 2.59. The summed E-state index contributed by atoms with van der Waals surface area (Å²) in [5.74, 6) is 0. The van der Waals surface area contributed by atoms with Gasteiger partial charge in [0.25, 0.3) is 0 Å². The first kappa shape index (κ1) is 13.9. The molecule has 2 N–H and O–H groups in total. The summed E-state index contributed by atoms with van der Waals surface area (Å²) in [4.78, 5) is 2.39. The quantitative estimate of drug-likeness (QED) is 0.870. The molecule has 1 heterocycles. The molecular weight excluding hydrogens is 248 g/mol. The van der Waals surface area contributed by atoms with Gasteiger partial charge < -0.3 is 15.3 Å². The molecule has 20 heavy (non-hydrogen) atoms. The Morgan fingerprint density at radius 3 is 2.80 bits per heavy atom. The van der Waals surface area contributed by atoms with Crippen LogP contribution in [0.5, 0.6) is 0 Å². The highest BCUT2D eigenvalue weighted by atomic mass is 16.3. The van der Waals surface area contributed by atoms with E-state index >= 15 is 0 Å². The first-order valence-corrected chi connectivity index (χ1v) is 7.95. The van der Waals surface area contributed by atoms with Crippen LogP contribution in [0.1, 0.15) is 44.6 Å². The van der Waals surface area contributed by atoms with Gasteiger partial charge in [0.1, 0.15) is 0 Å². The molecule has 1 fully saturated rings. The van der Waals surface area contributed by atoms with E-state index in [0.29, 0.717) is 6.04 Å². The van der Waals surface area contributed by atoms with Crippen molar-refractivity contribution in [2.24, 2.45) is 0 Å². The number of para-hydroxylation sites is 1. The lowest BCUT2D eigenvalue weighted by atomic mass is 9.84. The van der Waals surface area contributed by atoms with E-state index < -0.39 is 5.60 Å². The molecule has 0 aromatic heterocycles. The van der Waals surface area contributed by atoms with E-state index in [4.69, 9.17) is 0 Å². The maximum absolute atomic E-state index is 10.9. The molecular formula is C17H26N2O. The zero-order chi connectivity index (χ0) is 14.0. The Labute approximate surface area is 122 Å². The van der Waals surface area contributed by atoms with Gasteiger partial charge in [0, 0.05) is 31.4 Å². The number of hydrogen-bond donors (Lipinski definition) is 2. The standard InChI is InChI=1S/C17H26N2O/c1-14-12-19(13-17(20)9-5-2-6-10-17)16-8-4-3-7-15(16)11-18-14/h3-4,7-8,14,18,20H,2,5-6,9-13H2,1H3. The van der Waals surface area contributed by atoms with Crippen molar-refractivity contribution in [2.45, 2.75) is 57.2 Å². The van der Waals surface area contributed by atoms with Crippen LogP contribution in [0.25, 0.3) is 0 Å². The SMILES string of the molecule is CC1CN(CC2(O)CCCCC2)c2ccccc2CN1. The van der Waals surface area contributed by atoms with E-state index in [-0.39, 0.29) is 0 Å². The number of β-amino-alcohol motifs (C(OH)–C–C–N with tert-alkyl or cyclic N) is 1. The van der Waals surface area contributed by atoms with Crippen molar-refractivity contribution in [2.75, 3.05) is 18.0 Å². The zero-order valence-electron chi connectivity index (χ0n) is 12.4. The first-order valence-electron chi connectivity index (χ1n) is 7.95. The molecule has 0 bridgehead atoms. The molecule has 0 radical (unpaired) electrons. The second kappa shape index (κ2) is 5.74. The summed E-state index contributed by atoms with van der Waals surface area (Å²) in [7, 11) is 0. The van der Waals surface area contributed by atoms with Crippen molar-refractivity contribution in [3.8, 4) is 0 Å². The van der Waals surface area contributed by atoms with E-state index in [1.54, 1.807) is 0 Å². The molecule has 110 valence electrons. The van der Waals surface area contributed by atoms with Crippen LogP contribution in [0.15, 0.2) is 24.3 Å². The second-order valence-corrected chi connectivity index (χ2v) is 6.58. The summed E-state index contributed by atoms with van der Waals surface area (Å²) < 4.78 is 0. The van der Waals surface area contributed by atoms with Gasteiger partial charge in [0.15, 0.2) is 0 Å². The van der Waals surface area contributed by atoms with Gasteiger partial charge in [-0.15, -0.1) is 0 Å². The molecule has 0 spiro atoms. The van der Waals surface area contributed by atoms with Gasteiger partial charge in [0.2, 0.25) is 0 Å². The molecule has 1 aliphatic heterocycles. The number of hydrogen-bond acceptors (Lipinski definition) is 3. The number of aliphatic hydroxyl groups is 1. The summed E-state index contributed by atoms with van der Waals surface area (Å²) in [5.41, 5.74) is 2.15. The smallest absolute Gasteiger partial charge is 0.0821 e. The van der Waals surface area contributed by atoms with Gasteiger partial charge in [-0.1, -0.05) is 37.5 Å². The molecule has 3 heteroatoms. The molecule has 1 aliphatic carbocycles. The normalized spacial score (nSPS) is 25.9. The minimum atomic E-state index is -0.491. The lowest BCUT2D eigenvalue weighted by molar-refractivity contribution is 0.0108. The van der Waals surface area contributed by atoms with Crippen molar-refractivity contribution in [1.82, 2.24) is 5.32 Å². The van der Waals surface area contributed by atoms with Crippen LogP contribution in [0, 0.1) is 0 Å². The van der Waals surface area contributed by atoms with Crippen LogP contribution >= 0.6 is 0 Å². The maximum atomic E-state index is 10.9. The van der Waals surface area contributed by atoms with E-state index in [1.165, 1.54) is 30.5 Å². The summed E-state index contributed by atoms with van der Waals surface area (Å²) in [6.07, 6.45) is 5.51. The second-order valence-electron chi connectivity index (χ2n) is 6.58. The van der Waals surface area contributed by atoms with Crippen molar-refractivity contribution >= 4 is 5.69 Å². The molecule has 0 amide bonds. The fourth-order valence-electron chi connectivity index (χ4n) is 3.62. The largest absolute Gasteiger partial charge is 0.388 e. The van der Waals surface area contributed by atoms with Gasteiger partial charge in [0.05, 0.1) is 5.60 Å². The molecule has 1 aromatic carbocycles. The molecule has 3 rings (SSSR count). The van der Waals surface area contributed by atoms with Crippen molar-refractivity contribution < 1.29 is 5.11 Å². The fraction of sp³-hybridized carbons (Fsp3) is 0.647. The van der Waals surface area contributed by atoms with Crippen LogP contribution in [-0.4, -0.2) is 29.8 Å². The number of benzene rings is 1. The van der Waals surface area contributed by atoms with E-state index in [0.717, 1.165) is 32.5 Å².